The molecule has 0 bridgehead atoms. The van der Waals surface area contributed by atoms with E-state index in [9.17, 15) is 9.59 Å². The van der Waals surface area contributed by atoms with Crippen LogP contribution in [-0.2, 0) is 49.4 Å². The summed E-state index contributed by atoms with van der Waals surface area (Å²) in [5.74, 6) is -1.07. The molecule has 6 atom stereocenters. The van der Waals surface area contributed by atoms with Crippen LogP contribution in [0.3, 0.4) is 0 Å². The number of benzene rings is 1. The molecule has 0 aromatic heterocycles. The molecule has 4 aliphatic rings. The molecular weight excluding hydrogens is 491 g/mol. The van der Waals surface area contributed by atoms with Gasteiger partial charge in [-0.3, -0.25) is 0 Å². The third-order valence-corrected chi connectivity index (χ3v) is 9.27. The first kappa shape index (κ1) is 24.3. The average Bonchev–Trinajstić information content (AvgIpc) is 3.61. The van der Waals surface area contributed by atoms with Crippen molar-refractivity contribution in [2.24, 2.45) is 0 Å². The van der Waals surface area contributed by atoms with Crippen molar-refractivity contribution in [3.05, 3.63) is 77.9 Å². The Morgan fingerprint density at radius 2 is 1.60 bits per heavy atom. The second-order valence-corrected chi connectivity index (χ2v) is 11.8. The van der Waals surface area contributed by atoms with Crippen molar-refractivity contribution in [3.8, 4) is 0 Å². The van der Waals surface area contributed by atoms with Gasteiger partial charge in [0.25, 0.3) is 0 Å². The van der Waals surface area contributed by atoms with Crippen LogP contribution < -0.4 is 5.30 Å². The van der Waals surface area contributed by atoms with Crippen LogP contribution in [0.15, 0.2) is 77.9 Å². The van der Waals surface area contributed by atoms with Crippen molar-refractivity contribution in [2.75, 3.05) is 13.7 Å². The molecule has 184 valence electrons. The van der Waals surface area contributed by atoms with Crippen LogP contribution >= 0.6 is 6.49 Å². The molecule has 0 saturated carbocycles. The van der Waals surface area contributed by atoms with Crippen molar-refractivity contribution in [1.29, 1.82) is 0 Å². The summed E-state index contributed by atoms with van der Waals surface area (Å²) in [4.78, 5) is 25.9. The van der Waals surface area contributed by atoms with E-state index in [1.165, 1.54) is 7.11 Å². The van der Waals surface area contributed by atoms with Crippen molar-refractivity contribution < 1.29 is 37.6 Å². The highest BCUT2D eigenvalue weighted by molar-refractivity contribution is 8.13. The molecule has 2 fully saturated rings. The zero-order valence-corrected chi connectivity index (χ0v) is 20.7. The quantitative estimate of drug-likeness (QED) is 0.418. The van der Waals surface area contributed by atoms with Gasteiger partial charge in [0, 0.05) is 23.6 Å². The van der Waals surface area contributed by atoms with E-state index < -0.39 is 49.1 Å². The number of ether oxygens (including phenoxy) is 4. The molecule has 2 aliphatic heterocycles. The predicted molar refractivity (Wildman–Crippen MR) is 130 cm³/mol. The summed E-state index contributed by atoms with van der Waals surface area (Å²) in [6, 6.07) is 9.27. The number of hydrogen-bond acceptors (Lipinski definition) is 9. The molecule has 1 unspecified atom stereocenters. The van der Waals surface area contributed by atoms with E-state index in [0.29, 0.717) is 24.0 Å². The monoisotopic (exact) mass is 516 g/mol. The fourth-order valence-electron chi connectivity index (χ4n) is 4.29. The Kier molecular flexibility index (Phi) is 7.16. The van der Waals surface area contributed by atoms with Crippen LogP contribution in [0.2, 0.25) is 0 Å². The van der Waals surface area contributed by atoms with Gasteiger partial charge < -0.3 is 28.0 Å². The van der Waals surface area contributed by atoms with Gasteiger partial charge in [0.2, 0.25) is 6.49 Å². The Balaban J connectivity index is 1.46. The lowest BCUT2D eigenvalue weighted by molar-refractivity contribution is -0.299. The molecule has 5 rings (SSSR count). The smallest absolute Gasteiger partial charge is 0.334 e. The Labute approximate surface area is 208 Å². The topological polar surface area (TPSA) is 89.5 Å². The lowest BCUT2D eigenvalue weighted by atomic mass is 9.98. The van der Waals surface area contributed by atoms with E-state index in [-0.39, 0.29) is 6.61 Å². The fourth-order valence-corrected chi connectivity index (χ4v) is 6.93. The van der Waals surface area contributed by atoms with Gasteiger partial charge in [-0.25, -0.2) is 9.59 Å². The Hall–Kier alpha value is -2.39. The lowest BCUT2D eigenvalue weighted by Crippen LogP contribution is -2.63. The van der Waals surface area contributed by atoms with E-state index in [1.54, 1.807) is 24.3 Å². The minimum absolute atomic E-state index is 0.116. The Morgan fingerprint density at radius 1 is 0.971 bits per heavy atom. The zero-order chi connectivity index (χ0) is 24.4. The van der Waals surface area contributed by atoms with Crippen LogP contribution in [0.25, 0.3) is 0 Å². The van der Waals surface area contributed by atoms with Gasteiger partial charge in [0.05, 0.1) is 6.61 Å². The van der Waals surface area contributed by atoms with Crippen molar-refractivity contribution >= 4 is 35.5 Å². The lowest BCUT2D eigenvalue weighted by Gasteiger charge is -2.48. The minimum atomic E-state index is -2.94. The van der Waals surface area contributed by atoms with Crippen molar-refractivity contribution in [2.45, 2.75) is 43.5 Å². The summed E-state index contributed by atoms with van der Waals surface area (Å²) in [5.41, 5.74) is 0.974. The third-order valence-electron chi connectivity index (χ3n) is 6.12. The number of esters is 2. The summed E-state index contributed by atoms with van der Waals surface area (Å²) in [7, 11) is 1.43. The van der Waals surface area contributed by atoms with Gasteiger partial charge in [0.15, 0.2) is 18.5 Å². The number of hydrogen-bond donors (Lipinski definition) is 0. The van der Waals surface area contributed by atoms with Gasteiger partial charge in [-0.1, -0.05) is 54.7 Å². The number of carbonyl (C=O) groups excluding carboxylic acids is 2. The second-order valence-electron chi connectivity index (χ2n) is 8.37. The first-order valence-corrected chi connectivity index (χ1v) is 13.9. The molecule has 8 nitrogen and oxygen atoms in total. The molecule has 2 heterocycles. The maximum Gasteiger partial charge on any atom is 0.334 e. The van der Waals surface area contributed by atoms with Crippen LogP contribution in [0.4, 0.5) is 0 Å². The zero-order valence-electron chi connectivity index (χ0n) is 19.0. The fraction of sp³-hybridized carbons (Fsp3) is 0.360. The molecule has 0 amide bonds. The molecular formula is C25H25O8PS. The van der Waals surface area contributed by atoms with E-state index in [0.717, 1.165) is 5.30 Å². The molecule has 0 radical (unpaired) electrons. The molecule has 0 spiro atoms. The van der Waals surface area contributed by atoms with Crippen molar-refractivity contribution in [3.63, 3.8) is 0 Å². The van der Waals surface area contributed by atoms with E-state index in [4.69, 9.17) is 39.8 Å². The number of carbonyl (C=O) groups is 2. The highest BCUT2D eigenvalue weighted by Crippen LogP contribution is 2.54. The highest BCUT2D eigenvalue weighted by atomic mass is 32.5. The average molecular weight is 517 g/mol. The minimum Gasteiger partial charge on any atom is -0.452 e. The molecule has 10 heteroatoms. The summed E-state index contributed by atoms with van der Waals surface area (Å²) in [5, 5.41) is 0.728. The van der Waals surface area contributed by atoms with Crippen LogP contribution in [-0.4, -0.2) is 56.4 Å². The summed E-state index contributed by atoms with van der Waals surface area (Å²) >= 11 is 5.83. The normalized spacial score (nSPS) is 33.6. The Bertz CT molecular complexity index is 1160. The van der Waals surface area contributed by atoms with E-state index in [1.807, 2.05) is 42.5 Å². The molecule has 1 aromatic carbocycles. The highest BCUT2D eigenvalue weighted by Gasteiger charge is 2.55. The molecule has 1 aromatic rings. The maximum absolute atomic E-state index is 13.0. The van der Waals surface area contributed by atoms with Gasteiger partial charge >= 0.3 is 11.9 Å². The third kappa shape index (κ3) is 4.98. The van der Waals surface area contributed by atoms with E-state index in [2.05, 4.69) is 0 Å². The van der Waals surface area contributed by atoms with Gasteiger partial charge in [-0.2, -0.15) is 0 Å². The van der Waals surface area contributed by atoms with Gasteiger partial charge in [-0.15, -0.1) is 0 Å². The predicted octanol–water partition coefficient (Wildman–Crippen LogP) is 3.00. The van der Waals surface area contributed by atoms with E-state index >= 15 is 0 Å². The van der Waals surface area contributed by atoms with Crippen LogP contribution in [0.1, 0.15) is 12.8 Å². The Morgan fingerprint density at radius 3 is 2.17 bits per heavy atom. The molecule has 2 aliphatic carbocycles. The van der Waals surface area contributed by atoms with Crippen LogP contribution in [0, 0.1) is 0 Å². The number of methoxy groups -OCH3 is 1. The first-order chi connectivity index (χ1) is 17.0. The largest absolute Gasteiger partial charge is 0.452 e. The SMILES string of the molecule is CO[C@H]1O[C@@H]2COP(=S)(c3ccccc3)O[C@H]2[C@H](OC(=O)C2=CC=CC2)[C@H]1OC(=O)C1=CC=CC1. The molecule has 0 N–H and O–H groups in total. The first-order valence-electron chi connectivity index (χ1n) is 11.3. The second kappa shape index (κ2) is 10.3. The maximum atomic E-state index is 13.0. The van der Waals surface area contributed by atoms with Gasteiger partial charge in [0.1, 0.15) is 12.2 Å². The van der Waals surface area contributed by atoms with Crippen LogP contribution in [0.5, 0.6) is 0 Å². The molecule has 2 saturated heterocycles. The number of rotatable bonds is 6. The number of allylic oxidation sites excluding steroid dienone is 6. The summed E-state index contributed by atoms with van der Waals surface area (Å²) in [6.07, 6.45) is 7.02. The van der Waals surface area contributed by atoms with Crippen molar-refractivity contribution in [1.82, 2.24) is 0 Å². The summed E-state index contributed by atoms with van der Waals surface area (Å²) < 4.78 is 35.7. The summed E-state index contributed by atoms with van der Waals surface area (Å²) in [6.45, 7) is -2.82. The number of fused-ring (bicyclic) bond motifs is 1. The van der Waals surface area contributed by atoms with Gasteiger partial charge in [-0.05, 0) is 36.8 Å². The standard InChI is InChI=1S/C25H25O8PS/c1-28-25-22(32-24(27)17-11-7-8-12-17)21(31-23(26)16-9-5-6-10-16)20-19(30-25)15-29-34(35,33-20)18-13-3-2-4-14-18/h2-9,11,13-14,19-22,25H,10,12,15H2,1H3/t19-,20-,21+,22-,25+,34?/m1/s1. The molecule has 35 heavy (non-hydrogen) atoms.